The Morgan fingerprint density at radius 1 is 1.00 bits per heavy atom. The Balaban J connectivity index is 1.73. The normalized spacial score (nSPS) is 36.2. The van der Waals surface area contributed by atoms with Crippen molar-refractivity contribution in [3.05, 3.63) is 29.3 Å². The topological polar surface area (TPSA) is 46.6 Å². The molecule has 0 radical (unpaired) electrons. The number of anilines is 1. The number of imide groups is 1. The molecular formula is C14H12ClNO3. The van der Waals surface area contributed by atoms with E-state index in [1.807, 2.05) is 0 Å². The van der Waals surface area contributed by atoms with Gasteiger partial charge in [-0.25, -0.2) is 4.90 Å². The van der Waals surface area contributed by atoms with E-state index in [1.54, 1.807) is 24.3 Å². The molecule has 3 saturated heterocycles. The number of halogens is 1. The van der Waals surface area contributed by atoms with E-state index in [1.165, 1.54) is 4.90 Å². The van der Waals surface area contributed by atoms with Crippen molar-refractivity contribution in [3.63, 3.8) is 0 Å². The van der Waals surface area contributed by atoms with Crippen LogP contribution in [0.15, 0.2) is 24.3 Å². The number of benzene rings is 1. The number of carbonyl (C=O) groups is 2. The van der Waals surface area contributed by atoms with Crippen LogP contribution < -0.4 is 4.90 Å². The molecule has 0 aliphatic carbocycles. The lowest BCUT2D eigenvalue weighted by atomic mass is 9.81. The van der Waals surface area contributed by atoms with E-state index >= 15 is 0 Å². The van der Waals surface area contributed by atoms with E-state index in [-0.39, 0.29) is 35.9 Å². The lowest BCUT2D eigenvalue weighted by Gasteiger charge is -2.17. The Morgan fingerprint density at radius 3 is 2.05 bits per heavy atom. The third-order valence-electron chi connectivity index (χ3n) is 4.37. The first-order chi connectivity index (χ1) is 9.16. The molecule has 4 nitrogen and oxygen atoms in total. The van der Waals surface area contributed by atoms with E-state index in [0.717, 1.165) is 12.8 Å². The Labute approximate surface area is 115 Å². The Bertz CT molecular complexity index is 543. The zero-order valence-corrected chi connectivity index (χ0v) is 10.8. The van der Waals surface area contributed by atoms with E-state index in [0.29, 0.717) is 10.7 Å². The second-order valence-electron chi connectivity index (χ2n) is 5.33. The molecule has 0 N–H and O–H groups in total. The summed E-state index contributed by atoms with van der Waals surface area (Å²) in [4.78, 5) is 26.2. The van der Waals surface area contributed by atoms with Crippen molar-refractivity contribution >= 4 is 29.1 Å². The molecule has 4 atom stereocenters. The predicted molar refractivity (Wildman–Crippen MR) is 68.8 cm³/mol. The number of hydrogen-bond acceptors (Lipinski definition) is 3. The summed E-state index contributed by atoms with van der Waals surface area (Å²) in [6.45, 7) is 0. The van der Waals surface area contributed by atoms with Crippen molar-refractivity contribution in [2.45, 2.75) is 25.0 Å². The fraction of sp³-hybridized carbons (Fsp3) is 0.429. The number of hydrogen-bond donors (Lipinski definition) is 0. The van der Waals surface area contributed by atoms with Gasteiger partial charge in [-0.1, -0.05) is 11.6 Å². The molecule has 0 aromatic heterocycles. The number of nitrogens with zero attached hydrogens (tertiary/aromatic N) is 1. The summed E-state index contributed by atoms with van der Waals surface area (Å²) in [6, 6.07) is 6.80. The lowest BCUT2D eigenvalue weighted by molar-refractivity contribution is -0.124. The van der Waals surface area contributed by atoms with Gasteiger partial charge in [-0.05, 0) is 37.1 Å². The minimum Gasteiger partial charge on any atom is -0.373 e. The molecule has 5 heteroatoms. The van der Waals surface area contributed by atoms with E-state index in [4.69, 9.17) is 16.3 Å². The van der Waals surface area contributed by atoms with Gasteiger partial charge in [0.2, 0.25) is 11.8 Å². The third-order valence-corrected chi connectivity index (χ3v) is 4.62. The third kappa shape index (κ3) is 1.44. The van der Waals surface area contributed by atoms with Gasteiger partial charge in [-0.15, -0.1) is 0 Å². The quantitative estimate of drug-likeness (QED) is 0.738. The zero-order valence-electron chi connectivity index (χ0n) is 10.1. The van der Waals surface area contributed by atoms with Gasteiger partial charge in [0.15, 0.2) is 0 Å². The molecule has 2 amide bonds. The number of amides is 2. The highest BCUT2D eigenvalue weighted by Gasteiger charge is 2.62. The van der Waals surface area contributed by atoms with Crippen LogP contribution in [0.1, 0.15) is 12.8 Å². The van der Waals surface area contributed by atoms with Crippen molar-refractivity contribution in [1.82, 2.24) is 0 Å². The van der Waals surface area contributed by atoms with Crippen LogP contribution in [0.5, 0.6) is 0 Å². The van der Waals surface area contributed by atoms with Crippen LogP contribution in [-0.2, 0) is 14.3 Å². The SMILES string of the molecule is O=C1[C@@H]2[C@@H](C(=O)N1c1ccc(Cl)cc1)[C@H]1CC[C@@H]2O1. The fourth-order valence-electron chi connectivity index (χ4n) is 3.56. The summed E-state index contributed by atoms with van der Waals surface area (Å²) >= 11 is 5.83. The second-order valence-corrected chi connectivity index (χ2v) is 5.77. The largest absolute Gasteiger partial charge is 0.373 e. The standard InChI is InChI=1S/C14H12ClNO3/c15-7-1-3-8(4-2-7)16-13(17)11-9-5-6-10(19-9)12(11)14(16)18/h1-4,9-12H,5-6H2/t9-,10+,11-,12-/m0/s1. The molecular weight excluding hydrogens is 266 g/mol. The Kier molecular flexibility index (Phi) is 2.29. The van der Waals surface area contributed by atoms with Gasteiger partial charge < -0.3 is 4.74 Å². The second kappa shape index (κ2) is 3.81. The average molecular weight is 278 g/mol. The average Bonchev–Trinajstić information content (AvgIpc) is 3.06. The van der Waals surface area contributed by atoms with Crippen molar-refractivity contribution in [1.29, 1.82) is 0 Å². The van der Waals surface area contributed by atoms with Crippen LogP contribution >= 0.6 is 11.6 Å². The van der Waals surface area contributed by atoms with Gasteiger partial charge in [0, 0.05) is 5.02 Å². The maximum atomic E-state index is 12.5. The number of rotatable bonds is 1. The first kappa shape index (κ1) is 11.4. The minimum absolute atomic E-state index is 0.0660. The van der Waals surface area contributed by atoms with Crippen LogP contribution in [0.25, 0.3) is 0 Å². The number of ether oxygens (including phenoxy) is 1. The lowest BCUT2D eigenvalue weighted by Crippen LogP contribution is -2.34. The molecule has 0 spiro atoms. The Morgan fingerprint density at radius 2 is 1.53 bits per heavy atom. The maximum absolute atomic E-state index is 12.5. The predicted octanol–water partition coefficient (Wildman–Crippen LogP) is 2.01. The molecule has 19 heavy (non-hydrogen) atoms. The first-order valence-electron chi connectivity index (χ1n) is 6.45. The highest BCUT2D eigenvalue weighted by atomic mass is 35.5. The van der Waals surface area contributed by atoms with Gasteiger partial charge in [0.1, 0.15) is 0 Å². The summed E-state index contributed by atoms with van der Waals surface area (Å²) < 4.78 is 5.69. The van der Waals surface area contributed by atoms with Crippen LogP contribution in [0.4, 0.5) is 5.69 Å². The minimum atomic E-state index is -0.276. The van der Waals surface area contributed by atoms with Gasteiger partial charge >= 0.3 is 0 Å². The Hall–Kier alpha value is -1.39. The molecule has 3 aliphatic rings. The summed E-state index contributed by atoms with van der Waals surface area (Å²) in [6.07, 6.45) is 1.64. The van der Waals surface area contributed by atoms with Crippen molar-refractivity contribution in [3.8, 4) is 0 Å². The molecule has 1 aromatic rings. The highest BCUT2D eigenvalue weighted by Crippen LogP contribution is 2.49. The van der Waals surface area contributed by atoms with E-state index in [9.17, 15) is 9.59 Å². The van der Waals surface area contributed by atoms with Gasteiger partial charge in [0.05, 0.1) is 29.7 Å². The number of carbonyl (C=O) groups excluding carboxylic acids is 2. The molecule has 3 fully saturated rings. The van der Waals surface area contributed by atoms with Crippen LogP contribution in [0.3, 0.4) is 0 Å². The van der Waals surface area contributed by atoms with Gasteiger partial charge in [-0.2, -0.15) is 0 Å². The molecule has 98 valence electrons. The van der Waals surface area contributed by atoms with Crippen LogP contribution in [-0.4, -0.2) is 24.0 Å². The monoisotopic (exact) mass is 277 g/mol. The fourth-order valence-corrected chi connectivity index (χ4v) is 3.68. The summed E-state index contributed by atoms with van der Waals surface area (Å²) in [5.74, 6) is -0.794. The van der Waals surface area contributed by atoms with Gasteiger partial charge in [0.25, 0.3) is 0 Å². The van der Waals surface area contributed by atoms with Gasteiger partial charge in [-0.3, -0.25) is 9.59 Å². The number of fused-ring (bicyclic) bond motifs is 5. The van der Waals surface area contributed by atoms with Crippen molar-refractivity contribution in [2.24, 2.45) is 11.8 Å². The molecule has 2 bridgehead atoms. The summed E-state index contributed by atoms with van der Waals surface area (Å²) in [5, 5.41) is 0.589. The molecule has 0 saturated carbocycles. The first-order valence-corrected chi connectivity index (χ1v) is 6.83. The van der Waals surface area contributed by atoms with E-state index < -0.39 is 0 Å². The summed E-state index contributed by atoms with van der Waals surface area (Å²) in [7, 11) is 0. The molecule has 1 aromatic carbocycles. The molecule has 3 aliphatic heterocycles. The van der Waals surface area contributed by atoms with E-state index in [2.05, 4.69) is 0 Å². The molecule has 0 unspecified atom stereocenters. The summed E-state index contributed by atoms with van der Waals surface area (Å²) in [5.41, 5.74) is 0.605. The van der Waals surface area contributed by atoms with Crippen LogP contribution in [0.2, 0.25) is 5.02 Å². The maximum Gasteiger partial charge on any atom is 0.240 e. The van der Waals surface area contributed by atoms with Crippen molar-refractivity contribution in [2.75, 3.05) is 4.90 Å². The van der Waals surface area contributed by atoms with Crippen molar-refractivity contribution < 1.29 is 14.3 Å². The molecule has 4 rings (SSSR count). The zero-order chi connectivity index (χ0) is 13.1. The molecule has 3 heterocycles. The smallest absolute Gasteiger partial charge is 0.240 e. The highest BCUT2D eigenvalue weighted by molar-refractivity contribution is 6.30. The van der Waals surface area contributed by atoms with Crippen LogP contribution in [0, 0.1) is 11.8 Å².